The number of alkyl halides is 1. The van der Waals surface area contributed by atoms with Gasteiger partial charge in [0.15, 0.2) is 4.34 Å². The first kappa shape index (κ1) is 16.4. The number of hydrogen-bond acceptors (Lipinski definition) is 6. The Hall–Kier alpha value is -1.44. The van der Waals surface area contributed by atoms with E-state index in [1.807, 2.05) is 24.5 Å². The highest BCUT2D eigenvalue weighted by molar-refractivity contribution is 9.09. The molecule has 0 spiro atoms. The molecule has 0 saturated heterocycles. The summed E-state index contributed by atoms with van der Waals surface area (Å²) >= 11 is 6.63. The van der Waals surface area contributed by atoms with Gasteiger partial charge in [0.05, 0.1) is 21.6 Å². The molecule has 3 aromatic rings. The Bertz CT molecular complexity index is 822. The molecular formula is C16H16BrN3OS2. The average molecular weight is 410 g/mol. The van der Waals surface area contributed by atoms with Crippen molar-refractivity contribution in [2.45, 2.75) is 10.9 Å². The molecule has 0 fully saturated rings. The van der Waals surface area contributed by atoms with Crippen molar-refractivity contribution in [2.75, 3.05) is 22.8 Å². The molecule has 1 heterocycles. The van der Waals surface area contributed by atoms with E-state index in [1.54, 1.807) is 23.1 Å². The van der Waals surface area contributed by atoms with Gasteiger partial charge in [-0.15, -0.1) is 11.3 Å². The molecular weight excluding hydrogens is 394 g/mol. The number of ether oxygens (including phenoxy) is 1. The van der Waals surface area contributed by atoms with E-state index in [0.717, 1.165) is 21.3 Å². The molecule has 0 bridgehead atoms. The Labute approximate surface area is 151 Å². The number of thiazole rings is 1. The molecule has 0 radical (unpaired) electrons. The predicted molar refractivity (Wildman–Crippen MR) is 104 cm³/mol. The lowest BCUT2D eigenvalue weighted by molar-refractivity contribution is 0.398. The number of fused-ring (bicyclic) bond motifs is 1. The minimum absolute atomic E-state index is 0.447. The van der Waals surface area contributed by atoms with Crippen molar-refractivity contribution in [3.05, 3.63) is 42.0 Å². The third-order valence-corrected chi connectivity index (χ3v) is 5.61. The fourth-order valence-corrected chi connectivity index (χ4v) is 4.05. The molecule has 3 rings (SSSR count). The minimum atomic E-state index is 0.447. The largest absolute Gasteiger partial charge is 0.482 e. The molecule has 23 heavy (non-hydrogen) atoms. The smallest absolute Gasteiger partial charge is 0.150 e. The molecule has 4 nitrogen and oxygen atoms in total. The summed E-state index contributed by atoms with van der Waals surface area (Å²) in [7, 11) is 0. The van der Waals surface area contributed by atoms with Crippen LogP contribution in [0.15, 0.2) is 40.7 Å². The summed E-state index contributed by atoms with van der Waals surface area (Å²) in [6, 6.07) is 11.9. The second-order valence-corrected chi connectivity index (χ2v) is 7.35. The van der Waals surface area contributed by atoms with Crippen LogP contribution in [-0.2, 0) is 6.54 Å². The van der Waals surface area contributed by atoms with Crippen LogP contribution in [0.5, 0.6) is 5.75 Å². The monoisotopic (exact) mass is 409 g/mol. The van der Waals surface area contributed by atoms with Crippen LogP contribution in [0.3, 0.4) is 0 Å². The fraction of sp³-hybridized carbons (Fsp3) is 0.188. The Morgan fingerprint density at radius 1 is 1.35 bits per heavy atom. The van der Waals surface area contributed by atoms with Gasteiger partial charge < -0.3 is 15.8 Å². The number of hydrogen-bond donors (Lipinski definition) is 2. The van der Waals surface area contributed by atoms with Gasteiger partial charge in [0, 0.05) is 12.6 Å². The van der Waals surface area contributed by atoms with E-state index >= 15 is 0 Å². The Morgan fingerprint density at radius 2 is 2.22 bits per heavy atom. The summed E-state index contributed by atoms with van der Waals surface area (Å²) in [6.45, 7) is 0.678. The zero-order chi connectivity index (χ0) is 16.2. The highest BCUT2D eigenvalue weighted by Crippen LogP contribution is 2.31. The van der Waals surface area contributed by atoms with Gasteiger partial charge in [-0.05, 0) is 45.9 Å². The van der Waals surface area contributed by atoms with E-state index in [9.17, 15) is 0 Å². The van der Waals surface area contributed by atoms with Crippen LogP contribution in [0.4, 0.5) is 11.4 Å². The normalized spacial score (nSPS) is 10.9. The van der Waals surface area contributed by atoms with Crippen LogP contribution in [-0.4, -0.2) is 16.8 Å². The van der Waals surface area contributed by atoms with Gasteiger partial charge in [0.25, 0.3) is 0 Å². The first-order valence-corrected chi connectivity index (χ1v) is 10.1. The molecule has 0 saturated carbocycles. The zero-order valence-electron chi connectivity index (χ0n) is 12.5. The minimum Gasteiger partial charge on any atom is -0.482 e. The van der Waals surface area contributed by atoms with Crippen LogP contribution >= 0.6 is 39.0 Å². The quantitative estimate of drug-likeness (QED) is 0.342. The lowest BCUT2D eigenvalue weighted by atomic mass is 10.2. The van der Waals surface area contributed by atoms with E-state index in [-0.39, 0.29) is 0 Å². The van der Waals surface area contributed by atoms with Gasteiger partial charge in [-0.3, -0.25) is 0 Å². The molecule has 120 valence electrons. The Kier molecular flexibility index (Phi) is 5.30. The van der Waals surface area contributed by atoms with Crippen LogP contribution in [0.1, 0.15) is 5.56 Å². The van der Waals surface area contributed by atoms with Crippen molar-refractivity contribution in [1.29, 1.82) is 0 Å². The van der Waals surface area contributed by atoms with Gasteiger partial charge in [-0.1, -0.05) is 23.9 Å². The average Bonchev–Trinajstić information content (AvgIpc) is 2.98. The van der Waals surface area contributed by atoms with Crippen molar-refractivity contribution >= 4 is 60.6 Å². The second kappa shape index (κ2) is 7.42. The summed E-state index contributed by atoms with van der Waals surface area (Å²) in [5.74, 6) is 0.746. The number of nitrogens with zero attached hydrogens (tertiary/aromatic N) is 1. The highest BCUT2D eigenvalue weighted by Gasteiger charge is 2.08. The standard InChI is InChI=1S/C16H16BrN3OS2/c1-22-16-20-15-10(3-2-4-14(15)23-16)8-19-13-6-5-11(21-9-17)7-12(13)18/h2-7,19H,8-9,18H2,1H3. The highest BCUT2D eigenvalue weighted by atomic mass is 79.9. The molecule has 2 aromatic carbocycles. The van der Waals surface area contributed by atoms with Crippen molar-refractivity contribution in [3.63, 3.8) is 0 Å². The second-order valence-electron chi connectivity index (χ2n) is 4.80. The molecule has 0 aliphatic heterocycles. The molecule has 1 aromatic heterocycles. The number of rotatable bonds is 6. The number of nitrogens with one attached hydrogen (secondary N) is 1. The van der Waals surface area contributed by atoms with E-state index in [0.29, 0.717) is 17.7 Å². The van der Waals surface area contributed by atoms with Crippen molar-refractivity contribution < 1.29 is 4.74 Å². The van der Waals surface area contributed by atoms with E-state index in [4.69, 9.17) is 10.5 Å². The number of nitrogen functional groups attached to an aromatic ring is 1. The van der Waals surface area contributed by atoms with Crippen LogP contribution in [0.25, 0.3) is 10.2 Å². The summed E-state index contributed by atoms with van der Waals surface area (Å²) in [5.41, 5.74) is 10.3. The molecule has 3 N–H and O–H groups in total. The fourth-order valence-electron chi connectivity index (χ4n) is 2.26. The number of benzene rings is 2. The summed E-state index contributed by atoms with van der Waals surface area (Å²) in [4.78, 5) is 4.69. The number of nitrogens with two attached hydrogens (primary N) is 1. The first-order chi connectivity index (χ1) is 11.2. The maximum absolute atomic E-state index is 6.08. The van der Waals surface area contributed by atoms with E-state index < -0.39 is 0 Å². The zero-order valence-corrected chi connectivity index (χ0v) is 15.7. The summed E-state index contributed by atoms with van der Waals surface area (Å²) < 4.78 is 7.67. The maximum atomic E-state index is 6.08. The third-order valence-electron chi connectivity index (χ3n) is 3.37. The molecule has 7 heteroatoms. The predicted octanol–water partition coefficient (Wildman–Crippen LogP) is 4.94. The molecule has 0 amide bonds. The number of thioether (sulfide) groups is 1. The Balaban J connectivity index is 1.79. The lowest BCUT2D eigenvalue weighted by Crippen LogP contribution is -2.03. The van der Waals surface area contributed by atoms with Crippen molar-refractivity contribution in [3.8, 4) is 5.75 Å². The summed E-state index contributed by atoms with van der Waals surface area (Å²) in [5, 5.41) is 3.38. The topological polar surface area (TPSA) is 60.2 Å². The van der Waals surface area contributed by atoms with Crippen LogP contribution < -0.4 is 15.8 Å². The number of halogens is 1. The van der Waals surface area contributed by atoms with Crippen LogP contribution in [0, 0.1) is 0 Å². The third kappa shape index (κ3) is 3.73. The summed E-state index contributed by atoms with van der Waals surface area (Å²) in [6.07, 6.45) is 2.05. The van der Waals surface area contributed by atoms with E-state index in [1.165, 1.54) is 10.3 Å². The Morgan fingerprint density at radius 3 is 2.96 bits per heavy atom. The van der Waals surface area contributed by atoms with Gasteiger partial charge in [-0.2, -0.15) is 0 Å². The molecule has 0 aliphatic rings. The van der Waals surface area contributed by atoms with E-state index in [2.05, 4.69) is 44.4 Å². The van der Waals surface area contributed by atoms with Crippen molar-refractivity contribution in [1.82, 2.24) is 4.98 Å². The van der Waals surface area contributed by atoms with Gasteiger partial charge in [0.2, 0.25) is 0 Å². The maximum Gasteiger partial charge on any atom is 0.150 e. The first-order valence-electron chi connectivity index (χ1n) is 6.96. The van der Waals surface area contributed by atoms with Crippen molar-refractivity contribution in [2.24, 2.45) is 0 Å². The number of aromatic nitrogens is 1. The SMILES string of the molecule is CSc1nc2c(CNc3ccc(OCBr)cc3N)cccc2s1. The number of anilines is 2. The molecule has 0 unspecified atom stereocenters. The van der Waals surface area contributed by atoms with Gasteiger partial charge >= 0.3 is 0 Å². The van der Waals surface area contributed by atoms with Gasteiger partial charge in [0.1, 0.15) is 11.3 Å². The van der Waals surface area contributed by atoms with Crippen LogP contribution in [0.2, 0.25) is 0 Å². The molecule has 0 aliphatic carbocycles. The molecule has 0 atom stereocenters. The lowest BCUT2D eigenvalue weighted by Gasteiger charge is -2.11. The number of para-hydroxylation sites is 1. The van der Waals surface area contributed by atoms with Gasteiger partial charge in [-0.25, -0.2) is 4.98 Å².